The summed E-state index contributed by atoms with van der Waals surface area (Å²) in [5, 5.41) is 3.37. The van der Waals surface area contributed by atoms with Crippen LogP contribution in [0, 0.1) is 5.82 Å². The maximum absolute atomic E-state index is 13.8. The molecule has 0 atom stereocenters. The zero-order chi connectivity index (χ0) is 19.2. The van der Waals surface area contributed by atoms with Gasteiger partial charge in [0.1, 0.15) is 12.4 Å². The van der Waals surface area contributed by atoms with E-state index in [-0.39, 0.29) is 12.4 Å². The molecule has 0 aliphatic carbocycles. The van der Waals surface area contributed by atoms with Crippen LogP contribution in [0.2, 0.25) is 0 Å². The Morgan fingerprint density at radius 3 is 2.37 bits per heavy atom. The third kappa shape index (κ3) is 5.23. The van der Waals surface area contributed by atoms with Gasteiger partial charge in [-0.1, -0.05) is 50.1 Å². The Balaban J connectivity index is 1.72. The summed E-state index contributed by atoms with van der Waals surface area (Å²) in [5.74, 6) is 0.869. The van der Waals surface area contributed by atoms with E-state index in [1.807, 2.05) is 36.4 Å². The van der Waals surface area contributed by atoms with E-state index in [2.05, 4.69) is 37.2 Å². The van der Waals surface area contributed by atoms with Gasteiger partial charge in [0.25, 0.3) is 0 Å². The average molecular weight is 495 g/mol. The maximum Gasteiger partial charge on any atom is 0.162 e. The normalized spacial score (nSPS) is 10.5. The van der Waals surface area contributed by atoms with Crippen molar-refractivity contribution in [3.8, 4) is 11.5 Å². The lowest BCUT2D eigenvalue weighted by atomic mass is 10.2. The van der Waals surface area contributed by atoms with E-state index >= 15 is 0 Å². The summed E-state index contributed by atoms with van der Waals surface area (Å²) in [6.07, 6.45) is 0. The molecular weight excluding hydrogens is 477 g/mol. The smallest absolute Gasteiger partial charge is 0.162 e. The first-order valence-corrected chi connectivity index (χ1v) is 9.87. The van der Waals surface area contributed by atoms with Gasteiger partial charge in [0.05, 0.1) is 7.11 Å². The van der Waals surface area contributed by atoms with Gasteiger partial charge in [0, 0.05) is 26.7 Å². The van der Waals surface area contributed by atoms with Crippen LogP contribution >= 0.6 is 31.9 Å². The zero-order valence-corrected chi connectivity index (χ0v) is 17.8. The molecule has 0 radical (unpaired) electrons. The highest BCUT2D eigenvalue weighted by Gasteiger charge is 2.12. The van der Waals surface area contributed by atoms with Gasteiger partial charge in [-0.05, 0) is 48.0 Å². The number of methoxy groups -OCH3 is 1. The van der Waals surface area contributed by atoms with Crippen molar-refractivity contribution < 1.29 is 13.9 Å². The highest BCUT2D eigenvalue weighted by atomic mass is 79.9. The predicted octanol–water partition coefficient (Wildman–Crippen LogP) is 6.55. The molecule has 3 nitrogen and oxygen atoms in total. The van der Waals surface area contributed by atoms with E-state index in [0.717, 1.165) is 20.2 Å². The van der Waals surface area contributed by atoms with Crippen LogP contribution in [-0.4, -0.2) is 7.11 Å². The fourth-order valence-electron chi connectivity index (χ4n) is 2.52. The number of ether oxygens (including phenoxy) is 2. The van der Waals surface area contributed by atoms with Gasteiger partial charge in [-0.25, -0.2) is 4.39 Å². The molecule has 0 fully saturated rings. The standard InChI is InChI=1S/C21H18Br2FNO2/c1-26-20-10-15(12-25-17-8-6-16(22)7-9-17)18(23)11-21(20)27-13-14-4-2-3-5-19(14)24/h2-11,25H,12-13H2,1H3. The van der Waals surface area contributed by atoms with E-state index in [4.69, 9.17) is 9.47 Å². The minimum Gasteiger partial charge on any atom is -0.493 e. The lowest BCUT2D eigenvalue weighted by molar-refractivity contribution is 0.279. The SMILES string of the molecule is COc1cc(CNc2ccc(Br)cc2)c(Br)cc1OCc1ccccc1F. The van der Waals surface area contributed by atoms with Gasteiger partial charge < -0.3 is 14.8 Å². The summed E-state index contributed by atoms with van der Waals surface area (Å²) in [6, 6.07) is 18.3. The first-order valence-electron chi connectivity index (χ1n) is 8.29. The predicted molar refractivity (Wildman–Crippen MR) is 113 cm³/mol. The number of anilines is 1. The molecule has 0 amide bonds. The highest BCUT2D eigenvalue weighted by molar-refractivity contribution is 9.10. The van der Waals surface area contributed by atoms with E-state index in [9.17, 15) is 4.39 Å². The highest BCUT2D eigenvalue weighted by Crippen LogP contribution is 2.34. The molecule has 0 bridgehead atoms. The molecule has 0 saturated carbocycles. The molecule has 0 unspecified atom stereocenters. The third-order valence-corrected chi connectivity index (χ3v) is 5.27. The molecule has 3 aromatic rings. The number of rotatable bonds is 7. The summed E-state index contributed by atoms with van der Waals surface area (Å²) < 4.78 is 26.9. The fraction of sp³-hybridized carbons (Fsp3) is 0.143. The Morgan fingerprint density at radius 2 is 1.67 bits per heavy atom. The lowest BCUT2D eigenvalue weighted by Crippen LogP contribution is -2.03. The van der Waals surface area contributed by atoms with E-state index in [0.29, 0.717) is 23.6 Å². The number of nitrogens with one attached hydrogen (secondary N) is 1. The van der Waals surface area contributed by atoms with E-state index in [1.54, 1.807) is 25.3 Å². The summed E-state index contributed by atoms with van der Waals surface area (Å²) in [5.41, 5.74) is 2.54. The molecule has 0 heterocycles. The van der Waals surface area contributed by atoms with Crippen LogP contribution in [-0.2, 0) is 13.2 Å². The minimum atomic E-state index is -0.286. The van der Waals surface area contributed by atoms with Gasteiger partial charge in [-0.3, -0.25) is 0 Å². The molecule has 6 heteroatoms. The third-order valence-electron chi connectivity index (χ3n) is 4.00. The summed E-state index contributed by atoms with van der Waals surface area (Å²) in [4.78, 5) is 0. The van der Waals surface area contributed by atoms with Crippen molar-refractivity contribution in [1.82, 2.24) is 0 Å². The van der Waals surface area contributed by atoms with Crippen LogP contribution in [0.1, 0.15) is 11.1 Å². The van der Waals surface area contributed by atoms with Crippen molar-refractivity contribution >= 4 is 37.5 Å². The van der Waals surface area contributed by atoms with Crippen molar-refractivity contribution in [3.05, 3.63) is 86.6 Å². The monoisotopic (exact) mass is 493 g/mol. The van der Waals surface area contributed by atoms with Gasteiger partial charge in [-0.15, -0.1) is 0 Å². The van der Waals surface area contributed by atoms with Gasteiger partial charge in [0.2, 0.25) is 0 Å². The van der Waals surface area contributed by atoms with Gasteiger partial charge in [0.15, 0.2) is 11.5 Å². The summed E-state index contributed by atoms with van der Waals surface area (Å²) in [7, 11) is 1.59. The number of hydrogen-bond acceptors (Lipinski definition) is 3. The molecule has 0 aromatic heterocycles. The molecule has 3 aromatic carbocycles. The van der Waals surface area contributed by atoms with Crippen LogP contribution in [0.3, 0.4) is 0 Å². The van der Waals surface area contributed by atoms with Crippen LogP contribution in [0.25, 0.3) is 0 Å². The van der Waals surface area contributed by atoms with Gasteiger partial charge >= 0.3 is 0 Å². The van der Waals surface area contributed by atoms with Gasteiger partial charge in [-0.2, -0.15) is 0 Å². The van der Waals surface area contributed by atoms with Crippen molar-refractivity contribution in [2.24, 2.45) is 0 Å². The molecule has 1 N–H and O–H groups in total. The molecule has 140 valence electrons. The molecule has 0 spiro atoms. The Bertz CT molecular complexity index is 917. The van der Waals surface area contributed by atoms with Crippen molar-refractivity contribution in [1.29, 1.82) is 0 Å². The Hall–Kier alpha value is -2.05. The summed E-state index contributed by atoms with van der Waals surface area (Å²) >= 11 is 7.01. The van der Waals surface area contributed by atoms with Crippen molar-refractivity contribution in [3.63, 3.8) is 0 Å². The maximum atomic E-state index is 13.8. The zero-order valence-electron chi connectivity index (χ0n) is 14.6. The lowest BCUT2D eigenvalue weighted by Gasteiger charge is -2.15. The first-order chi connectivity index (χ1) is 13.1. The quantitative estimate of drug-likeness (QED) is 0.404. The molecule has 0 aliphatic heterocycles. The Labute approximate surface area is 174 Å². The van der Waals surface area contributed by atoms with Crippen LogP contribution in [0.5, 0.6) is 11.5 Å². The van der Waals surface area contributed by atoms with Crippen molar-refractivity contribution in [2.45, 2.75) is 13.2 Å². The molecule has 27 heavy (non-hydrogen) atoms. The molecule has 0 aliphatic rings. The fourth-order valence-corrected chi connectivity index (χ4v) is 3.25. The Kier molecular flexibility index (Phi) is 6.74. The average Bonchev–Trinajstić information content (AvgIpc) is 2.68. The number of hydrogen-bond donors (Lipinski definition) is 1. The van der Waals surface area contributed by atoms with E-state index < -0.39 is 0 Å². The largest absolute Gasteiger partial charge is 0.493 e. The molecule has 3 rings (SSSR count). The van der Waals surface area contributed by atoms with Crippen LogP contribution in [0.4, 0.5) is 10.1 Å². The van der Waals surface area contributed by atoms with Crippen molar-refractivity contribution in [2.75, 3.05) is 12.4 Å². The second-order valence-electron chi connectivity index (χ2n) is 5.84. The summed E-state index contributed by atoms with van der Waals surface area (Å²) in [6.45, 7) is 0.748. The number of benzene rings is 3. The topological polar surface area (TPSA) is 30.5 Å². The first kappa shape index (κ1) is 19.7. The van der Waals surface area contributed by atoms with Crippen LogP contribution < -0.4 is 14.8 Å². The second-order valence-corrected chi connectivity index (χ2v) is 7.61. The number of halogens is 3. The molecule has 0 saturated heterocycles. The molecular formula is C21H18Br2FNO2. The minimum absolute atomic E-state index is 0.131. The second kappa shape index (κ2) is 9.24. The Morgan fingerprint density at radius 1 is 0.926 bits per heavy atom. The van der Waals surface area contributed by atoms with Crippen LogP contribution in [0.15, 0.2) is 69.6 Å². The van der Waals surface area contributed by atoms with E-state index in [1.165, 1.54) is 6.07 Å².